The zero-order chi connectivity index (χ0) is 44.9. The first-order valence-corrected chi connectivity index (χ1v) is 23.0. The number of aryl methyl sites for hydroxylation is 2. The second kappa shape index (κ2) is 22.2. The summed E-state index contributed by atoms with van der Waals surface area (Å²) >= 11 is 0. The van der Waals surface area contributed by atoms with Crippen molar-refractivity contribution in [3.63, 3.8) is 0 Å². The molecule has 2 heterocycles. The van der Waals surface area contributed by atoms with E-state index in [0.717, 1.165) is 90.3 Å². The summed E-state index contributed by atoms with van der Waals surface area (Å²) in [7, 11) is -3.52. The van der Waals surface area contributed by atoms with Crippen LogP contribution in [0.5, 0.6) is 0 Å². The molecule has 0 unspecified atom stereocenters. The lowest BCUT2D eigenvalue weighted by atomic mass is 9.96. The molecule has 2 saturated heterocycles. The fraction of sp³-hybridized carbons (Fsp3) is 0.511. The molecule has 2 amide bonds. The van der Waals surface area contributed by atoms with E-state index in [9.17, 15) is 27.6 Å². The van der Waals surface area contributed by atoms with E-state index in [-0.39, 0.29) is 24.4 Å². The molecule has 0 spiro atoms. The maximum absolute atomic E-state index is 14.3. The van der Waals surface area contributed by atoms with Crippen LogP contribution in [0.25, 0.3) is 0 Å². The first kappa shape index (κ1) is 47.8. The number of sulfone groups is 1. The lowest BCUT2D eigenvalue weighted by Gasteiger charge is -2.40. The van der Waals surface area contributed by atoms with Crippen molar-refractivity contribution in [1.29, 1.82) is 0 Å². The van der Waals surface area contributed by atoms with E-state index >= 15 is 0 Å². The number of carboxylic acids is 3. The molecular weight excluding hydrogens is 817 g/mol. The molecule has 0 atom stereocenters. The van der Waals surface area contributed by atoms with Gasteiger partial charge in [0.2, 0.25) is 0 Å². The third-order valence-corrected chi connectivity index (χ3v) is 13.5. The highest BCUT2D eigenvalue weighted by Gasteiger charge is 2.41. The Bertz CT molecular complexity index is 1980. The van der Waals surface area contributed by atoms with Gasteiger partial charge in [-0.2, -0.15) is 0 Å². The van der Waals surface area contributed by atoms with E-state index in [1.807, 2.05) is 30.9 Å². The largest absolute Gasteiger partial charge is 0.481 e. The van der Waals surface area contributed by atoms with Crippen LogP contribution in [0.4, 0.5) is 16.2 Å². The number of para-hydroxylation sites is 2. The van der Waals surface area contributed by atoms with Gasteiger partial charge in [-0.15, -0.1) is 0 Å². The van der Waals surface area contributed by atoms with E-state index in [1.165, 1.54) is 16.9 Å². The highest BCUT2D eigenvalue weighted by molar-refractivity contribution is 7.91. The number of amides is 2. The predicted molar refractivity (Wildman–Crippen MR) is 237 cm³/mol. The Labute approximate surface area is 364 Å². The van der Waals surface area contributed by atoms with E-state index in [0.29, 0.717) is 18.0 Å². The standard InChI is InChI=1S/C39H54N6O3S.C6H8O7/c1-33(2)45(30-31-49(47,48)38-17-16-34-10-9-11-35(34)32-38)39(46)44(28-22-40-18-24-42(25-19-40)36-12-5-3-6-13-36)29-23-41-20-26-43(27-21-41)37-14-7-4-8-15-37;7-3(8)1-6(13,5(11)12)2-4(9)10/h3-8,12-17,32-33H,9-11,18-31H2,1-2H3;13H,1-2H2,(H,7,8)(H,9,10)(H,11,12). The Balaban J connectivity index is 0.000000484. The highest BCUT2D eigenvalue weighted by Crippen LogP contribution is 2.26. The molecule has 2 aliphatic heterocycles. The van der Waals surface area contributed by atoms with Gasteiger partial charge in [0.25, 0.3) is 0 Å². The van der Waals surface area contributed by atoms with Crippen LogP contribution in [0.1, 0.15) is 44.2 Å². The quantitative estimate of drug-likeness (QED) is 0.145. The summed E-state index contributed by atoms with van der Waals surface area (Å²) in [6, 6.07) is 26.5. The number of hydrogen-bond donors (Lipinski definition) is 4. The molecule has 0 saturated carbocycles. The topological polar surface area (TPSA) is 203 Å². The number of anilines is 2. The molecular formula is C45H62N6O10S. The molecule has 2 fully saturated rings. The van der Waals surface area contributed by atoms with Gasteiger partial charge in [0.15, 0.2) is 15.4 Å². The van der Waals surface area contributed by atoms with Gasteiger partial charge in [-0.1, -0.05) is 42.5 Å². The number of carbonyl (C=O) groups excluding carboxylic acids is 1. The van der Waals surface area contributed by atoms with Crippen molar-refractivity contribution in [2.24, 2.45) is 0 Å². The van der Waals surface area contributed by atoms with Gasteiger partial charge in [0.05, 0.1) is 23.5 Å². The van der Waals surface area contributed by atoms with Crippen LogP contribution in [0, 0.1) is 0 Å². The van der Waals surface area contributed by atoms with Gasteiger partial charge in [-0.25, -0.2) is 18.0 Å². The van der Waals surface area contributed by atoms with E-state index in [2.05, 4.69) is 80.3 Å². The third-order valence-electron chi connectivity index (χ3n) is 11.8. The molecule has 62 heavy (non-hydrogen) atoms. The summed E-state index contributed by atoms with van der Waals surface area (Å²) in [6.45, 7) is 14.6. The molecule has 1 aliphatic carbocycles. The summed E-state index contributed by atoms with van der Waals surface area (Å²) in [5, 5.41) is 33.8. The number of aliphatic hydroxyl groups is 1. The van der Waals surface area contributed by atoms with Gasteiger partial charge in [-0.05, 0) is 80.6 Å². The summed E-state index contributed by atoms with van der Waals surface area (Å²) in [4.78, 5) is 58.7. The molecule has 0 aromatic heterocycles. The minimum Gasteiger partial charge on any atom is -0.481 e. The molecule has 3 aromatic rings. The number of hydrogen-bond acceptors (Lipinski definition) is 11. The highest BCUT2D eigenvalue weighted by atomic mass is 32.2. The predicted octanol–water partition coefficient (Wildman–Crippen LogP) is 3.48. The Kier molecular flexibility index (Phi) is 17.1. The van der Waals surface area contributed by atoms with Crippen LogP contribution in [0.3, 0.4) is 0 Å². The van der Waals surface area contributed by atoms with E-state index in [4.69, 9.17) is 20.4 Å². The van der Waals surface area contributed by atoms with Crippen LogP contribution >= 0.6 is 0 Å². The molecule has 0 bridgehead atoms. The SMILES string of the molecule is CC(C)N(CCS(=O)(=O)c1ccc2c(c1)CCC2)C(=O)N(CCN1CCN(c2ccccc2)CC1)CCN1CCN(c2ccccc2)CC1.O=C(O)CC(O)(CC(=O)O)C(=O)O. The van der Waals surface area contributed by atoms with Crippen molar-refractivity contribution in [2.45, 2.75) is 62.5 Å². The monoisotopic (exact) mass is 878 g/mol. The Morgan fingerprint density at radius 2 is 1.13 bits per heavy atom. The van der Waals surface area contributed by atoms with Crippen LogP contribution in [-0.4, -0.2) is 175 Å². The van der Waals surface area contributed by atoms with Crippen molar-refractivity contribution >= 4 is 45.2 Å². The van der Waals surface area contributed by atoms with Gasteiger partial charge >= 0.3 is 23.9 Å². The first-order valence-electron chi connectivity index (χ1n) is 21.4. The molecule has 0 radical (unpaired) electrons. The first-order chi connectivity index (χ1) is 29.5. The van der Waals surface area contributed by atoms with Gasteiger partial charge in [0.1, 0.15) is 0 Å². The van der Waals surface area contributed by atoms with E-state index in [1.54, 1.807) is 11.0 Å². The average Bonchev–Trinajstić information content (AvgIpc) is 3.73. The fourth-order valence-corrected chi connectivity index (χ4v) is 9.38. The number of fused-ring (bicyclic) bond motifs is 1. The van der Waals surface area contributed by atoms with Gasteiger partial charge in [0, 0.05) is 102 Å². The second-order valence-corrected chi connectivity index (χ2v) is 18.6. The number of nitrogens with zero attached hydrogens (tertiary/aromatic N) is 6. The normalized spacial score (nSPS) is 16.0. The Hall–Kier alpha value is -5.23. The molecule has 16 nitrogen and oxygen atoms in total. The molecule has 17 heteroatoms. The molecule has 338 valence electrons. The minimum absolute atomic E-state index is 0.0648. The number of aliphatic carboxylic acids is 3. The van der Waals surface area contributed by atoms with Gasteiger partial charge in [-0.3, -0.25) is 19.4 Å². The van der Waals surface area contributed by atoms with Crippen LogP contribution in [0.2, 0.25) is 0 Å². The van der Waals surface area contributed by atoms with E-state index < -0.39 is 46.2 Å². The number of urea groups is 1. The molecule has 3 aromatic carbocycles. The lowest BCUT2D eigenvalue weighted by Crippen LogP contribution is -2.54. The third kappa shape index (κ3) is 13.6. The van der Waals surface area contributed by atoms with Crippen molar-refractivity contribution < 1.29 is 48.0 Å². The fourth-order valence-electron chi connectivity index (χ4n) is 8.11. The average molecular weight is 879 g/mol. The molecule has 3 aliphatic rings. The summed E-state index contributed by atoms with van der Waals surface area (Å²) < 4.78 is 27.0. The molecule has 4 N–H and O–H groups in total. The smallest absolute Gasteiger partial charge is 0.336 e. The zero-order valence-electron chi connectivity index (χ0n) is 35.8. The maximum Gasteiger partial charge on any atom is 0.336 e. The van der Waals surface area contributed by atoms with Crippen LogP contribution < -0.4 is 9.80 Å². The number of carboxylic acid groups (broad SMARTS) is 3. The lowest BCUT2D eigenvalue weighted by molar-refractivity contribution is -0.170. The minimum atomic E-state index is -3.52. The van der Waals surface area contributed by atoms with Crippen LogP contribution in [0.15, 0.2) is 83.8 Å². The number of carbonyl (C=O) groups is 4. The number of rotatable bonds is 18. The number of benzene rings is 3. The van der Waals surface area contributed by atoms with Crippen molar-refractivity contribution in [1.82, 2.24) is 19.6 Å². The summed E-state index contributed by atoms with van der Waals surface area (Å²) in [5.74, 6) is -5.10. The second-order valence-electron chi connectivity index (χ2n) is 16.5. The Morgan fingerprint density at radius 3 is 1.56 bits per heavy atom. The maximum atomic E-state index is 14.3. The van der Waals surface area contributed by atoms with Crippen molar-refractivity contribution in [3.8, 4) is 0 Å². The summed E-state index contributed by atoms with van der Waals surface area (Å²) in [5.41, 5.74) is 2.19. The summed E-state index contributed by atoms with van der Waals surface area (Å²) in [6.07, 6.45) is 0.748. The zero-order valence-corrected chi connectivity index (χ0v) is 36.7. The van der Waals surface area contributed by atoms with Crippen molar-refractivity contribution in [2.75, 3.05) is 101 Å². The Morgan fingerprint density at radius 1 is 0.661 bits per heavy atom. The van der Waals surface area contributed by atoms with Gasteiger partial charge < -0.3 is 40.0 Å². The molecule has 6 rings (SSSR count). The number of piperazine rings is 2. The van der Waals surface area contributed by atoms with Crippen molar-refractivity contribution in [3.05, 3.63) is 90.0 Å². The van der Waals surface area contributed by atoms with Crippen LogP contribution in [-0.2, 0) is 37.1 Å².